The monoisotopic (exact) mass is 343 g/mol. The lowest BCUT2D eigenvalue weighted by atomic mass is 10.1. The Balaban J connectivity index is 1.56. The molecule has 1 saturated heterocycles. The van der Waals surface area contributed by atoms with Gasteiger partial charge in [-0.2, -0.15) is 0 Å². The molecule has 4 rings (SSSR count). The molecular formula is C22H21N3O. The Kier molecular flexibility index (Phi) is 4.73. The van der Waals surface area contributed by atoms with E-state index in [-0.39, 0.29) is 11.9 Å². The predicted molar refractivity (Wildman–Crippen MR) is 101 cm³/mol. The molecule has 130 valence electrons. The molecule has 0 saturated carbocycles. The molecule has 26 heavy (non-hydrogen) atoms. The highest BCUT2D eigenvalue weighted by Crippen LogP contribution is 2.32. The summed E-state index contributed by atoms with van der Waals surface area (Å²) in [4.78, 5) is 23.7. The van der Waals surface area contributed by atoms with Crippen LogP contribution in [0.4, 0.5) is 0 Å². The smallest absolute Gasteiger partial charge is 0.255 e. The maximum Gasteiger partial charge on any atom is 0.255 e. The van der Waals surface area contributed by atoms with Crippen LogP contribution in [-0.2, 0) is 6.42 Å². The molecule has 0 aliphatic carbocycles. The molecule has 0 N–H and O–H groups in total. The molecule has 4 nitrogen and oxygen atoms in total. The van der Waals surface area contributed by atoms with Gasteiger partial charge in [-0.25, -0.2) is 0 Å². The van der Waals surface area contributed by atoms with Gasteiger partial charge < -0.3 is 4.90 Å². The van der Waals surface area contributed by atoms with Gasteiger partial charge in [0.05, 0.1) is 17.3 Å². The molecule has 1 aromatic carbocycles. The first-order valence-corrected chi connectivity index (χ1v) is 9.02. The Labute approximate surface area is 153 Å². The molecule has 0 spiro atoms. The summed E-state index contributed by atoms with van der Waals surface area (Å²) < 4.78 is 0. The van der Waals surface area contributed by atoms with Gasteiger partial charge in [0.2, 0.25) is 0 Å². The number of carbonyl (C=O) groups excluding carboxylic acids is 1. The highest BCUT2D eigenvalue weighted by Gasteiger charge is 2.31. The summed E-state index contributed by atoms with van der Waals surface area (Å²) in [7, 11) is 0. The van der Waals surface area contributed by atoms with E-state index < -0.39 is 0 Å². The number of amides is 1. The Morgan fingerprint density at radius 1 is 1.04 bits per heavy atom. The van der Waals surface area contributed by atoms with Crippen molar-refractivity contribution in [3.8, 4) is 0 Å². The van der Waals surface area contributed by atoms with Crippen LogP contribution in [-0.4, -0.2) is 27.3 Å². The third kappa shape index (κ3) is 3.49. The molecule has 1 fully saturated rings. The van der Waals surface area contributed by atoms with Gasteiger partial charge in [-0.1, -0.05) is 36.4 Å². The van der Waals surface area contributed by atoms with Crippen molar-refractivity contribution in [1.82, 2.24) is 14.9 Å². The minimum absolute atomic E-state index is 0.0378. The number of carbonyl (C=O) groups is 1. The Morgan fingerprint density at radius 3 is 2.73 bits per heavy atom. The van der Waals surface area contributed by atoms with Crippen molar-refractivity contribution >= 4 is 5.91 Å². The minimum Gasteiger partial charge on any atom is -0.330 e. The largest absolute Gasteiger partial charge is 0.330 e. The normalized spacial score (nSPS) is 16.6. The van der Waals surface area contributed by atoms with Gasteiger partial charge in [0, 0.05) is 31.1 Å². The van der Waals surface area contributed by atoms with Crippen LogP contribution in [0.1, 0.15) is 46.2 Å². The van der Waals surface area contributed by atoms with Crippen molar-refractivity contribution in [3.63, 3.8) is 0 Å². The summed E-state index contributed by atoms with van der Waals surface area (Å²) in [5.74, 6) is 0.0378. The maximum absolute atomic E-state index is 12.9. The number of nitrogens with zero attached hydrogens (tertiary/aromatic N) is 3. The maximum atomic E-state index is 12.9. The van der Waals surface area contributed by atoms with Crippen molar-refractivity contribution in [1.29, 1.82) is 0 Å². The summed E-state index contributed by atoms with van der Waals surface area (Å²) >= 11 is 0. The molecule has 0 unspecified atom stereocenters. The van der Waals surface area contributed by atoms with Crippen LogP contribution in [0.2, 0.25) is 0 Å². The van der Waals surface area contributed by atoms with E-state index in [1.165, 1.54) is 5.56 Å². The zero-order chi connectivity index (χ0) is 17.8. The van der Waals surface area contributed by atoms with E-state index in [9.17, 15) is 4.79 Å². The average Bonchev–Trinajstić information content (AvgIpc) is 3.19. The van der Waals surface area contributed by atoms with Crippen LogP contribution < -0.4 is 0 Å². The van der Waals surface area contributed by atoms with E-state index in [2.05, 4.69) is 23.2 Å². The fourth-order valence-electron chi connectivity index (χ4n) is 3.56. The van der Waals surface area contributed by atoms with Crippen molar-refractivity contribution in [2.24, 2.45) is 0 Å². The van der Waals surface area contributed by atoms with E-state index in [0.717, 1.165) is 37.2 Å². The average molecular weight is 343 g/mol. The summed E-state index contributed by atoms with van der Waals surface area (Å²) in [6.45, 7) is 0.767. The molecule has 0 bridgehead atoms. The fraction of sp³-hybridized carbons (Fsp3) is 0.227. The van der Waals surface area contributed by atoms with E-state index in [1.807, 2.05) is 41.3 Å². The molecule has 1 aliphatic heterocycles. The Hall–Kier alpha value is -3.01. The van der Waals surface area contributed by atoms with Crippen molar-refractivity contribution in [2.75, 3.05) is 6.54 Å². The fourth-order valence-corrected chi connectivity index (χ4v) is 3.56. The topological polar surface area (TPSA) is 46.1 Å². The van der Waals surface area contributed by atoms with Crippen molar-refractivity contribution in [3.05, 3.63) is 95.6 Å². The quantitative estimate of drug-likeness (QED) is 0.718. The van der Waals surface area contributed by atoms with Gasteiger partial charge in [-0.05, 0) is 42.7 Å². The summed E-state index contributed by atoms with van der Waals surface area (Å²) in [6.07, 6.45) is 6.08. The first-order valence-electron chi connectivity index (χ1n) is 9.02. The minimum atomic E-state index is 0.0378. The SMILES string of the molecule is O=C(c1cccnc1)N1CCC[C@H]1c1cccc(Cc2ccccc2)n1. The third-order valence-corrected chi connectivity index (χ3v) is 4.82. The van der Waals surface area contributed by atoms with E-state index >= 15 is 0 Å². The zero-order valence-electron chi connectivity index (χ0n) is 14.6. The van der Waals surface area contributed by atoms with Crippen LogP contribution in [0.3, 0.4) is 0 Å². The van der Waals surface area contributed by atoms with Gasteiger partial charge in [0.1, 0.15) is 0 Å². The molecule has 2 aromatic heterocycles. The van der Waals surface area contributed by atoms with Crippen molar-refractivity contribution in [2.45, 2.75) is 25.3 Å². The lowest BCUT2D eigenvalue weighted by Gasteiger charge is -2.24. The van der Waals surface area contributed by atoms with Crippen LogP contribution in [0, 0.1) is 0 Å². The van der Waals surface area contributed by atoms with E-state index in [1.54, 1.807) is 18.5 Å². The summed E-state index contributed by atoms with van der Waals surface area (Å²) in [5, 5.41) is 0. The number of rotatable bonds is 4. The first kappa shape index (κ1) is 16.5. The molecule has 1 amide bonds. The standard InChI is InChI=1S/C22H21N3O/c26-22(18-9-5-13-23-16-18)25-14-6-12-21(25)20-11-4-10-19(24-20)15-17-7-2-1-3-8-17/h1-5,7-11,13,16,21H,6,12,14-15H2/t21-/m0/s1. The third-order valence-electron chi connectivity index (χ3n) is 4.82. The first-order chi connectivity index (χ1) is 12.8. The number of likely N-dealkylation sites (tertiary alicyclic amines) is 1. The second-order valence-corrected chi connectivity index (χ2v) is 6.61. The molecule has 0 radical (unpaired) electrons. The molecule has 4 heteroatoms. The van der Waals surface area contributed by atoms with Crippen LogP contribution in [0.5, 0.6) is 0 Å². The van der Waals surface area contributed by atoms with Gasteiger partial charge in [-0.3, -0.25) is 14.8 Å². The van der Waals surface area contributed by atoms with Gasteiger partial charge >= 0.3 is 0 Å². The second kappa shape index (κ2) is 7.48. The highest BCUT2D eigenvalue weighted by molar-refractivity contribution is 5.94. The second-order valence-electron chi connectivity index (χ2n) is 6.61. The molecule has 1 aliphatic rings. The molecule has 3 heterocycles. The Bertz CT molecular complexity index is 880. The van der Waals surface area contributed by atoms with E-state index in [0.29, 0.717) is 5.56 Å². The van der Waals surface area contributed by atoms with Crippen LogP contribution >= 0.6 is 0 Å². The number of pyridine rings is 2. The van der Waals surface area contributed by atoms with Gasteiger partial charge in [0.25, 0.3) is 5.91 Å². The van der Waals surface area contributed by atoms with Crippen LogP contribution in [0.25, 0.3) is 0 Å². The molecular weight excluding hydrogens is 322 g/mol. The zero-order valence-corrected chi connectivity index (χ0v) is 14.6. The number of benzene rings is 1. The Morgan fingerprint density at radius 2 is 1.92 bits per heavy atom. The number of hydrogen-bond donors (Lipinski definition) is 0. The van der Waals surface area contributed by atoms with Gasteiger partial charge in [0.15, 0.2) is 0 Å². The number of aromatic nitrogens is 2. The highest BCUT2D eigenvalue weighted by atomic mass is 16.2. The predicted octanol–water partition coefficient (Wildman–Crippen LogP) is 4.04. The number of hydrogen-bond acceptors (Lipinski definition) is 3. The molecule has 1 atom stereocenters. The lowest BCUT2D eigenvalue weighted by molar-refractivity contribution is 0.0732. The molecule has 3 aromatic rings. The summed E-state index contributed by atoms with van der Waals surface area (Å²) in [6, 6.07) is 20.1. The van der Waals surface area contributed by atoms with Crippen LogP contribution in [0.15, 0.2) is 73.1 Å². The summed E-state index contributed by atoms with van der Waals surface area (Å²) in [5.41, 5.74) is 3.90. The lowest BCUT2D eigenvalue weighted by Crippen LogP contribution is -2.31. The van der Waals surface area contributed by atoms with E-state index in [4.69, 9.17) is 4.98 Å². The van der Waals surface area contributed by atoms with Gasteiger partial charge in [-0.15, -0.1) is 0 Å². The van der Waals surface area contributed by atoms with Crippen molar-refractivity contribution < 1.29 is 4.79 Å².